The molecule has 0 saturated carbocycles. The van der Waals surface area contributed by atoms with Crippen LogP contribution in [0.4, 0.5) is 10.1 Å². The zero-order chi connectivity index (χ0) is 17.4. The van der Waals surface area contributed by atoms with Crippen molar-refractivity contribution in [1.29, 1.82) is 0 Å². The fourth-order valence-corrected chi connectivity index (χ4v) is 3.89. The van der Waals surface area contributed by atoms with Gasteiger partial charge in [-0.05, 0) is 61.2 Å². The Labute approximate surface area is 151 Å². The third-order valence-corrected chi connectivity index (χ3v) is 5.26. The van der Waals surface area contributed by atoms with Crippen molar-refractivity contribution in [3.8, 4) is 0 Å². The molecular formula is C20H20ClFN2O. The van der Waals surface area contributed by atoms with Gasteiger partial charge in [-0.2, -0.15) is 0 Å². The maximum Gasteiger partial charge on any atom is 0.129 e. The SMILES string of the molecule is C[C@]1(c2cc(NC3CCc4cc(Cl)ccc43)ccc2F)COCC=N1. The Morgan fingerprint density at radius 3 is 2.96 bits per heavy atom. The highest BCUT2D eigenvalue weighted by atomic mass is 35.5. The number of anilines is 1. The van der Waals surface area contributed by atoms with E-state index in [1.165, 1.54) is 17.2 Å². The minimum atomic E-state index is -0.679. The maximum absolute atomic E-state index is 14.4. The second kappa shape index (κ2) is 6.43. The molecule has 1 aliphatic heterocycles. The Morgan fingerprint density at radius 2 is 2.16 bits per heavy atom. The minimum absolute atomic E-state index is 0.212. The smallest absolute Gasteiger partial charge is 0.129 e. The van der Waals surface area contributed by atoms with Crippen LogP contribution < -0.4 is 5.32 Å². The average molecular weight is 359 g/mol. The molecule has 0 aromatic heterocycles. The Kier molecular flexibility index (Phi) is 4.26. The van der Waals surface area contributed by atoms with Crippen molar-refractivity contribution < 1.29 is 9.13 Å². The molecule has 3 nitrogen and oxygen atoms in total. The van der Waals surface area contributed by atoms with Gasteiger partial charge in [0, 0.05) is 22.5 Å². The first kappa shape index (κ1) is 16.6. The molecule has 0 fully saturated rings. The second-order valence-corrected chi connectivity index (χ2v) is 7.31. The first-order valence-electron chi connectivity index (χ1n) is 8.51. The second-order valence-electron chi connectivity index (χ2n) is 6.87. The van der Waals surface area contributed by atoms with Crippen molar-refractivity contribution in [1.82, 2.24) is 0 Å². The standard InChI is InChI=1S/C20H20ClFN2O/c1-20(12-25-9-8-23-20)17-11-15(4-6-18(17)22)24-19-7-2-13-10-14(21)3-5-16(13)19/h3-6,8,10-11,19,24H,2,7,9,12H2,1H3/t19?,20-/m1/s1. The summed E-state index contributed by atoms with van der Waals surface area (Å²) in [7, 11) is 0. The van der Waals surface area contributed by atoms with Crippen molar-refractivity contribution in [3.05, 3.63) is 63.9 Å². The molecular weight excluding hydrogens is 339 g/mol. The van der Waals surface area contributed by atoms with Gasteiger partial charge in [-0.15, -0.1) is 0 Å². The summed E-state index contributed by atoms with van der Waals surface area (Å²) in [6, 6.07) is 11.4. The van der Waals surface area contributed by atoms with E-state index in [1.54, 1.807) is 12.3 Å². The van der Waals surface area contributed by atoms with Gasteiger partial charge in [0.05, 0.1) is 19.3 Å². The van der Waals surface area contributed by atoms with E-state index in [0.29, 0.717) is 18.8 Å². The van der Waals surface area contributed by atoms with E-state index in [-0.39, 0.29) is 11.9 Å². The van der Waals surface area contributed by atoms with Crippen molar-refractivity contribution in [2.75, 3.05) is 18.5 Å². The van der Waals surface area contributed by atoms with Crippen molar-refractivity contribution >= 4 is 23.5 Å². The van der Waals surface area contributed by atoms with Crippen LogP contribution in [-0.2, 0) is 16.7 Å². The number of hydrogen-bond donors (Lipinski definition) is 1. The normalized spacial score (nSPS) is 25.0. The number of hydrogen-bond acceptors (Lipinski definition) is 3. The van der Waals surface area contributed by atoms with Crippen LogP contribution in [0.1, 0.15) is 36.1 Å². The van der Waals surface area contributed by atoms with Gasteiger partial charge in [0.25, 0.3) is 0 Å². The summed E-state index contributed by atoms with van der Waals surface area (Å²) in [6.07, 6.45) is 3.71. The van der Waals surface area contributed by atoms with Crippen LogP contribution in [0.2, 0.25) is 5.02 Å². The number of fused-ring (bicyclic) bond motifs is 1. The third kappa shape index (κ3) is 3.16. The molecule has 5 heteroatoms. The van der Waals surface area contributed by atoms with E-state index < -0.39 is 5.54 Å². The summed E-state index contributed by atoms with van der Waals surface area (Å²) in [4.78, 5) is 4.48. The minimum Gasteiger partial charge on any atom is -0.378 e. The first-order valence-corrected chi connectivity index (χ1v) is 8.89. The Morgan fingerprint density at radius 1 is 1.28 bits per heavy atom. The van der Waals surface area contributed by atoms with Gasteiger partial charge >= 0.3 is 0 Å². The molecule has 0 bridgehead atoms. The summed E-state index contributed by atoms with van der Waals surface area (Å²) in [6.45, 7) is 2.77. The van der Waals surface area contributed by atoms with Crippen molar-refractivity contribution in [2.45, 2.75) is 31.3 Å². The third-order valence-electron chi connectivity index (χ3n) is 5.02. The molecule has 2 aromatic carbocycles. The van der Waals surface area contributed by atoms with Gasteiger partial charge in [-0.25, -0.2) is 4.39 Å². The van der Waals surface area contributed by atoms with Gasteiger partial charge in [0.1, 0.15) is 11.4 Å². The lowest BCUT2D eigenvalue weighted by Crippen LogP contribution is -2.31. The van der Waals surface area contributed by atoms with Crippen LogP contribution in [-0.4, -0.2) is 19.4 Å². The molecule has 4 rings (SSSR count). The summed E-state index contributed by atoms with van der Waals surface area (Å²) in [5.41, 5.74) is 3.32. The molecule has 2 aliphatic rings. The Hall–Kier alpha value is -1.91. The molecule has 0 radical (unpaired) electrons. The molecule has 0 saturated heterocycles. The fourth-order valence-electron chi connectivity index (χ4n) is 3.70. The van der Waals surface area contributed by atoms with Crippen LogP contribution in [0.15, 0.2) is 41.4 Å². The molecule has 1 heterocycles. The van der Waals surface area contributed by atoms with Crippen LogP contribution in [0.25, 0.3) is 0 Å². The Bertz CT molecular complexity index is 838. The lowest BCUT2D eigenvalue weighted by molar-refractivity contribution is 0.108. The number of ether oxygens (including phenoxy) is 1. The van der Waals surface area contributed by atoms with Gasteiger partial charge < -0.3 is 10.1 Å². The maximum atomic E-state index is 14.4. The predicted molar refractivity (Wildman–Crippen MR) is 99.2 cm³/mol. The van der Waals surface area contributed by atoms with Crippen LogP contribution in [0.3, 0.4) is 0 Å². The number of halogens is 2. The molecule has 25 heavy (non-hydrogen) atoms. The number of nitrogens with zero attached hydrogens (tertiary/aromatic N) is 1. The molecule has 1 N–H and O–H groups in total. The highest BCUT2D eigenvalue weighted by molar-refractivity contribution is 6.30. The van der Waals surface area contributed by atoms with Gasteiger partial charge in [-0.1, -0.05) is 17.7 Å². The molecule has 130 valence electrons. The monoisotopic (exact) mass is 358 g/mol. The van der Waals surface area contributed by atoms with Crippen LogP contribution >= 0.6 is 11.6 Å². The van der Waals surface area contributed by atoms with E-state index in [2.05, 4.69) is 16.4 Å². The quantitative estimate of drug-likeness (QED) is 0.847. The molecule has 1 unspecified atom stereocenters. The van der Waals surface area contributed by atoms with E-state index in [1.807, 2.05) is 25.1 Å². The summed E-state index contributed by atoms with van der Waals surface area (Å²) in [5.74, 6) is -0.255. The zero-order valence-corrected chi connectivity index (χ0v) is 14.8. The topological polar surface area (TPSA) is 33.6 Å². The summed E-state index contributed by atoms with van der Waals surface area (Å²) < 4.78 is 19.9. The van der Waals surface area contributed by atoms with Crippen molar-refractivity contribution in [2.24, 2.45) is 4.99 Å². The predicted octanol–water partition coefficient (Wildman–Crippen LogP) is 4.89. The molecule has 1 aliphatic carbocycles. The fraction of sp³-hybridized carbons (Fsp3) is 0.350. The zero-order valence-electron chi connectivity index (χ0n) is 14.1. The summed E-state index contributed by atoms with van der Waals surface area (Å²) >= 11 is 6.08. The Balaban J connectivity index is 1.62. The molecule has 0 amide bonds. The highest BCUT2D eigenvalue weighted by Gasteiger charge is 2.31. The average Bonchev–Trinajstić information content (AvgIpc) is 2.99. The number of nitrogens with one attached hydrogen (secondary N) is 1. The largest absolute Gasteiger partial charge is 0.378 e. The van der Waals surface area contributed by atoms with Crippen LogP contribution in [0, 0.1) is 5.82 Å². The van der Waals surface area contributed by atoms with E-state index in [0.717, 1.165) is 23.6 Å². The molecule has 2 aromatic rings. The lowest BCUT2D eigenvalue weighted by Gasteiger charge is -2.29. The number of aliphatic imine (C=N–C) groups is 1. The first-order chi connectivity index (χ1) is 12.0. The van der Waals surface area contributed by atoms with E-state index in [9.17, 15) is 4.39 Å². The molecule has 0 spiro atoms. The van der Waals surface area contributed by atoms with E-state index in [4.69, 9.17) is 16.3 Å². The van der Waals surface area contributed by atoms with Crippen LogP contribution in [0.5, 0.6) is 0 Å². The lowest BCUT2D eigenvalue weighted by atomic mass is 9.92. The number of aryl methyl sites for hydroxylation is 1. The number of benzene rings is 2. The van der Waals surface area contributed by atoms with E-state index >= 15 is 0 Å². The number of rotatable bonds is 3. The summed E-state index contributed by atoms with van der Waals surface area (Å²) in [5, 5.41) is 4.31. The van der Waals surface area contributed by atoms with Gasteiger partial charge in [-0.3, -0.25) is 4.99 Å². The highest BCUT2D eigenvalue weighted by Crippen LogP contribution is 2.37. The van der Waals surface area contributed by atoms with Crippen molar-refractivity contribution in [3.63, 3.8) is 0 Å². The van der Waals surface area contributed by atoms with Gasteiger partial charge in [0.15, 0.2) is 0 Å². The molecule has 2 atom stereocenters. The van der Waals surface area contributed by atoms with Gasteiger partial charge in [0.2, 0.25) is 0 Å².